The highest BCUT2D eigenvalue weighted by molar-refractivity contribution is 6.30. The number of halogens is 4. The van der Waals surface area contributed by atoms with E-state index < -0.39 is 17.7 Å². The maximum Gasteiger partial charge on any atom is 0.426 e. The second kappa shape index (κ2) is 7.12. The van der Waals surface area contributed by atoms with Gasteiger partial charge < -0.3 is 10.0 Å². The van der Waals surface area contributed by atoms with E-state index in [4.69, 9.17) is 11.6 Å². The Labute approximate surface area is 158 Å². The van der Waals surface area contributed by atoms with Crippen LogP contribution >= 0.6 is 11.6 Å². The van der Waals surface area contributed by atoms with Crippen LogP contribution < -0.4 is 0 Å². The van der Waals surface area contributed by atoms with Gasteiger partial charge in [-0.25, -0.2) is 9.67 Å². The molecule has 1 fully saturated rings. The van der Waals surface area contributed by atoms with E-state index in [1.165, 1.54) is 6.20 Å². The van der Waals surface area contributed by atoms with E-state index in [0.29, 0.717) is 30.6 Å². The van der Waals surface area contributed by atoms with Gasteiger partial charge in [0, 0.05) is 31.4 Å². The minimum absolute atomic E-state index is 0.0124. The largest absolute Gasteiger partial charge is 0.426 e. The summed E-state index contributed by atoms with van der Waals surface area (Å²) in [6.45, 7) is 0.742. The zero-order valence-corrected chi connectivity index (χ0v) is 15.2. The highest BCUT2D eigenvalue weighted by atomic mass is 35.5. The summed E-state index contributed by atoms with van der Waals surface area (Å²) in [5, 5.41) is 14.5. The van der Waals surface area contributed by atoms with E-state index in [1.54, 1.807) is 23.0 Å². The minimum atomic E-state index is -5.01. The Morgan fingerprint density at radius 1 is 1.26 bits per heavy atom. The lowest BCUT2D eigenvalue weighted by Crippen LogP contribution is -2.57. The number of carbonyl (C=O) groups is 1. The predicted octanol–water partition coefficient (Wildman–Crippen LogP) is 2.94. The van der Waals surface area contributed by atoms with Crippen molar-refractivity contribution in [2.45, 2.75) is 37.5 Å². The molecule has 1 saturated heterocycles. The highest BCUT2D eigenvalue weighted by Crippen LogP contribution is 2.34. The van der Waals surface area contributed by atoms with Crippen LogP contribution in [-0.2, 0) is 4.79 Å². The average Bonchev–Trinajstić information content (AvgIpc) is 3.11. The van der Waals surface area contributed by atoms with E-state index in [-0.39, 0.29) is 19.0 Å². The van der Waals surface area contributed by atoms with Gasteiger partial charge in [-0.3, -0.25) is 4.79 Å². The standard InChI is InChI=1S/C17H18ClF3N4O2/c1-16(27,17(19,20)21)15(26)24-7-4-11(5-8-24)13-6-9-25(23-13)14-3-2-12(18)10-22-14/h2-3,6,9-11,27H,4-5,7-8H2,1H3. The van der Waals surface area contributed by atoms with Gasteiger partial charge in [-0.2, -0.15) is 18.3 Å². The predicted molar refractivity (Wildman–Crippen MR) is 91.6 cm³/mol. The molecule has 3 rings (SSSR count). The zero-order chi connectivity index (χ0) is 19.8. The van der Waals surface area contributed by atoms with Crippen LogP contribution in [0.25, 0.3) is 5.82 Å². The number of amides is 1. The summed E-state index contributed by atoms with van der Waals surface area (Å²) in [5.41, 5.74) is -2.59. The van der Waals surface area contributed by atoms with Crippen LogP contribution in [0.15, 0.2) is 30.6 Å². The van der Waals surface area contributed by atoms with Gasteiger partial charge in [0.25, 0.3) is 5.91 Å². The molecule has 0 bridgehead atoms. The normalized spacial score (nSPS) is 18.4. The number of aromatic nitrogens is 3. The SMILES string of the molecule is CC(O)(C(=O)N1CCC(c2ccn(-c3ccc(Cl)cn3)n2)CC1)C(F)(F)F. The van der Waals surface area contributed by atoms with Crippen molar-refractivity contribution < 1.29 is 23.1 Å². The Kier molecular flexibility index (Phi) is 5.18. The number of pyridine rings is 1. The molecule has 27 heavy (non-hydrogen) atoms. The van der Waals surface area contributed by atoms with Gasteiger partial charge in [-0.1, -0.05) is 11.6 Å². The lowest BCUT2D eigenvalue weighted by Gasteiger charge is -2.36. The monoisotopic (exact) mass is 402 g/mol. The number of rotatable bonds is 3. The summed E-state index contributed by atoms with van der Waals surface area (Å²) in [6.07, 6.45) is -0.826. The number of hydrogen-bond acceptors (Lipinski definition) is 4. The van der Waals surface area contributed by atoms with Crippen LogP contribution in [0.3, 0.4) is 0 Å². The summed E-state index contributed by atoms with van der Waals surface area (Å²) >= 11 is 5.81. The van der Waals surface area contributed by atoms with Crippen molar-refractivity contribution in [3.8, 4) is 5.82 Å². The molecule has 6 nitrogen and oxygen atoms in total. The minimum Gasteiger partial charge on any atom is -0.373 e. The zero-order valence-electron chi connectivity index (χ0n) is 14.4. The second-order valence-corrected chi connectivity index (χ2v) is 7.09. The van der Waals surface area contributed by atoms with Gasteiger partial charge in [0.15, 0.2) is 5.82 Å². The Hall–Kier alpha value is -2.13. The first kappa shape index (κ1) is 19.6. The number of hydrogen-bond donors (Lipinski definition) is 1. The Balaban J connectivity index is 1.65. The van der Waals surface area contributed by atoms with Crippen LogP contribution in [0.2, 0.25) is 5.02 Å². The van der Waals surface area contributed by atoms with Gasteiger partial charge in [0.1, 0.15) is 0 Å². The van der Waals surface area contributed by atoms with Crippen LogP contribution in [0.5, 0.6) is 0 Å². The fraction of sp³-hybridized carbons (Fsp3) is 0.471. The van der Waals surface area contributed by atoms with Crippen molar-refractivity contribution in [3.63, 3.8) is 0 Å². The first-order valence-corrected chi connectivity index (χ1v) is 8.73. The number of aliphatic hydroxyl groups is 1. The molecule has 1 unspecified atom stereocenters. The van der Waals surface area contributed by atoms with Crippen molar-refractivity contribution in [2.75, 3.05) is 13.1 Å². The second-order valence-electron chi connectivity index (χ2n) is 6.66. The van der Waals surface area contributed by atoms with Gasteiger partial charge in [-0.05, 0) is 38.0 Å². The molecule has 146 valence electrons. The third kappa shape index (κ3) is 3.93. The molecule has 1 amide bonds. The average molecular weight is 403 g/mol. The molecule has 0 aromatic carbocycles. The summed E-state index contributed by atoms with van der Waals surface area (Å²) in [5.74, 6) is -0.706. The van der Waals surface area contributed by atoms with Crippen molar-refractivity contribution in [1.82, 2.24) is 19.7 Å². The van der Waals surface area contributed by atoms with Crippen molar-refractivity contribution in [3.05, 3.63) is 41.3 Å². The highest BCUT2D eigenvalue weighted by Gasteiger charge is 2.57. The molecule has 1 atom stereocenters. The van der Waals surface area contributed by atoms with E-state index >= 15 is 0 Å². The number of alkyl halides is 3. The van der Waals surface area contributed by atoms with Crippen molar-refractivity contribution >= 4 is 17.5 Å². The molecular weight excluding hydrogens is 385 g/mol. The Morgan fingerprint density at radius 3 is 2.48 bits per heavy atom. The van der Waals surface area contributed by atoms with Gasteiger partial charge in [0.05, 0.1) is 10.7 Å². The quantitative estimate of drug-likeness (QED) is 0.856. The van der Waals surface area contributed by atoms with Crippen LogP contribution in [0, 0.1) is 0 Å². The first-order valence-electron chi connectivity index (χ1n) is 8.35. The smallest absolute Gasteiger partial charge is 0.373 e. The number of nitrogens with zero attached hydrogens (tertiary/aromatic N) is 4. The fourth-order valence-electron chi connectivity index (χ4n) is 2.99. The lowest BCUT2D eigenvalue weighted by atomic mass is 9.92. The third-order valence-corrected chi connectivity index (χ3v) is 4.95. The fourth-order valence-corrected chi connectivity index (χ4v) is 3.11. The number of likely N-dealkylation sites (tertiary alicyclic amines) is 1. The Bertz CT molecular complexity index is 812. The molecule has 1 aliphatic heterocycles. The Morgan fingerprint density at radius 2 is 1.93 bits per heavy atom. The summed E-state index contributed by atoms with van der Waals surface area (Å²) in [7, 11) is 0. The van der Waals surface area contributed by atoms with E-state index in [0.717, 1.165) is 10.6 Å². The molecule has 1 N–H and O–H groups in total. The topological polar surface area (TPSA) is 71.2 Å². The van der Waals surface area contributed by atoms with Crippen molar-refractivity contribution in [2.24, 2.45) is 0 Å². The molecule has 0 spiro atoms. The maximum atomic E-state index is 12.8. The number of piperidine rings is 1. The summed E-state index contributed by atoms with van der Waals surface area (Å²) in [4.78, 5) is 17.3. The van der Waals surface area contributed by atoms with Gasteiger partial charge >= 0.3 is 6.18 Å². The molecule has 3 heterocycles. The molecular formula is C17H18ClF3N4O2. The van der Waals surface area contributed by atoms with Crippen LogP contribution in [-0.4, -0.2) is 55.5 Å². The molecule has 2 aromatic heterocycles. The molecule has 1 aliphatic rings. The van der Waals surface area contributed by atoms with E-state index in [2.05, 4.69) is 10.1 Å². The van der Waals surface area contributed by atoms with Crippen LogP contribution in [0.1, 0.15) is 31.4 Å². The summed E-state index contributed by atoms with van der Waals surface area (Å²) in [6, 6.07) is 5.24. The van der Waals surface area contributed by atoms with Gasteiger partial charge in [-0.15, -0.1) is 0 Å². The molecule has 0 radical (unpaired) electrons. The lowest BCUT2D eigenvalue weighted by molar-refractivity contribution is -0.250. The third-order valence-electron chi connectivity index (χ3n) is 4.73. The molecule has 10 heteroatoms. The van der Waals surface area contributed by atoms with Gasteiger partial charge in [0.2, 0.25) is 5.60 Å². The van der Waals surface area contributed by atoms with E-state index in [9.17, 15) is 23.1 Å². The number of carbonyl (C=O) groups excluding carboxylic acids is 1. The first-order chi connectivity index (χ1) is 12.6. The molecule has 0 aliphatic carbocycles. The molecule has 0 saturated carbocycles. The van der Waals surface area contributed by atoms with Crippen LogP contribution in [0.4, 0.5) is 13.2 Å². The summed E-state index contributed by atoms with van der Waals surface area (Å²) < 4.78 is 40.1. The maximum absolute atomic E-state index is 12.8. The molecule has 2 aromatic rings. The van der Waals surface area contributed by atoms with E-state index in [1.807, 2.05) is 6.07 Å². The van der Waals surface area contributed by atoms with Crippen molar-refractivity contribution in [1.29, 1.82) is 0 Å².